The molecule has 0 fully saturated rings. The average Bonchev–Trinajstić information content (AvgIpc) is 3.14. The minimum Gasteiger partial charge on any atom is -0.466 e. The maximum atomic E-state index is 15.2. The second-order valence-electron chi connectivity index (χ2n) is 7.70. The third-order valence-corrected chi connectivity index (χ3v) is 4.90. The second kappa shape index (κ2) is 9.70. The monoisotopic (exact) mass is 410 g/mol. The Kier molecular flexibility index (Phi) is 7.54. The molecule has 1 heterocycles. The minimum atomic E-state index is -1.52. The highest BCUT2D eigenvalue weighted by atomic mass is 19.1. The van der Waals surface area contributed by atoms with Crippen LogP contribution in [0.5, 0.6) is 0 Å². The summed E-state index contributed by atoms with van der Waals surface area (Å²) < 4.78 is 22.1. The first-order chi connectivity index (χ1) is 13.8. The van der Waals surface area contributed by atoms with Crippen molar-refractivity contribution in [3.63, 3.8) is 0 Å². The smallest absolute Gasteiger partial charge is 0.302 e. The van der Waals surface area contributed by atoms with Crippen molar-refractivity contribution in [2.24, 2.45) is 0 Å². The fraction of sp³-hybridized carbons (Fsp3) is 0.360. The van der Waals surface area contributed by atoms with Gasteiger partial charge in [-0.1, -0.05) is 43.8 Å². The lowest BCUT2D eigenvalue weighted by Gasteiger charge is -2.21. The van der Waals surface area contributed by atoms with Crippen LogP contribution in [0.3, 0.4) is 0 Å². The van der Waals surface area contributed by atoms with Gasteiger partial charge in [0.15, 0.2) is 0 Å². The Morgan fingerprint density at radius 2 is 1.93 bits per heavy atom. The number of carbonyl (C=O) groups is 1. The Labute approximate surface area is 178 Å². The molecule has 4 nitrogen and oxygen atoms in total. The number of alkyl halides is 1. The molecule has 0 radical (unpaired) electrons. The van der Waals surface area contributed by atoms with Gasteiger partial charge in [0.05, 0.1) is 6.61 Å². The number of hydrogen-bond acceptors (Lipinski definition) is 3. The molecule has 0 aliphatic carbocycles. The van der Waals surface area contributed by atoms with Gasteiger partial charge >= 0.3 is 5.97 Å². The van der Waals surface area contributed by atoms with E-state index < -0.39 is 5.67 Å². The zero-order valence-corrected chi connectivity index (χ0v) is 17.4. The van der Waals surface area contributed by atoms with E-state index in [1.807, 2.05) is 60.2 Å². The largest absolute Gasteiger partial charge is 0.466 e. The minimum absolute atomic E-state index is 0. The first-order valence-corrected chi connectivity index (χ1v) is 9.83. The molecule has 0 bridgehead atoms. The van der Waals surface area contributed by atoms with Crippen molar-refractivity contribution in [1.82, 2.24) is 9.55 Å². The molecule has 3 aromatic rings. The molecule has 0 spiro atoms. The van der Waals surface area contributed by atoms with Crippen LogP contribution in [0.25, 0.3) is 17.1 Å². The van der Waals surface area contributed by atoms with Crippen molar-refractivity contribution in [2.45, 2.75) is 53.6 Å². The van der Waals surface area contributed by atoms with Gasteiger partial charge in [0.2, 0.25) is 0 Å². The van der Waals surface area contributed by atoms with Crippen molar-refractivity contribution in [3.05, 3.63) is 71.5 Å². The van der Waals surface area contributed by atoms with Crippen molar-refractivity contribution >= 4 is 5.97 Å². The quantitative estimate of drug-likeness (QED) is 0.345. The summed E-state index contributed by atoms with van der Waals surface area (Å²) in [5.41, 5.74) is 3.00. The van der Waals surface area contributed by atoms with E-state index in [1.54, 1.807) is 20.0 Å². The van der Waals surface area contributed by atoms with Crippen LogP contribution in [0.4, 0.5) is 4.39 Å². The topological polar surface area (TPSA) is 44.1 Å². The highest BCUT2D eigenvalue weighted by Crippen LogP contribution is 2.35. The molecular formula is C25H31FN2O2. The van der Waals surface area contributed by atoms with E-state index in [2.05, 4.69) is 4.98 Å². The molecule has 0 aliphatic rings. The van der Waals surface area contributed by atoms with Crippen LogP contribution >= 0.6 is 0 Å². The zero-order valence-electron chi connectivity index (χ0n) is 17.4. The molecular weight excluding hydrogens is 379 g/mol. The predicted octanol–water partition coefficient (Wildman–Crippen LogP) is 6.18. The Hall–Kier alpha value is -2.95. The summed E-state index contributed by atoms with van der Waals surface area (Å²) in [5.74, 6) is 0.431. The number of nitrogens with zero attached hydrogens (tertiary/aromatic N) is 2. The van der Waals surface area contributed by atoms with Crippen LogP contribution in [0.1, 0.15) is 51.3 Å². The van der Waals surface area contributed by atoms with Gasteiger partial charge < -0.3 is 4.74 Å². The van der Waals surface area contributed by atoms with Crippen molar-refractivity contribution < 1.29 is 13.9 Å². The maximum absolute atomic E-state index is 15.2. The fourth-order valence-electron chi connectivity index (χ4n) is 3.46. The molecule has 1 aromatic heterocycles. The molecule has 30 heavy (non-hydrogen) atoms. The standard InChI is InChI=1S/C24H27FN2O2.CH4/c1-17-8-5-6-10-22(17)27-14-13-26-23(27)20-12-11-19(9-7-15-29-18(2)28)16-21(20)24(3,4)25;/h5-6,8,10-14,16H,7,9,15H2,1-4H3;1H4. The molecule has 0 unspecified atom stereocenters. The van der Waals surface area contributed by atoms with Gasteiger partial charge in [-0.25, -0.2) is 9.37 Å². The Morgan fingerprint density at radius 3 is 2.60 bits per heavy atom. The average molecular weight is 411 g/mol. The molecule has 2 aromatic carbocycles. The number of halogens is 1. The summed E-state index contributed by atoms with van der Waals surface area (Å²) in [6, 6.07) is 13.9. The number of aromatic nitrogens is 2. The van der Waals surface area contributed by atoms with Gasteiger partial charge in [-0.3, -0.25) is 9.36 Å². The number of hydrogen-bond donors (Lipinski definition) is 0. The van der Waals surface area contributed by atoms with Gasteiger partial charge in [0, 0.05) is 30.6 Å². The second-order valence-corrected chi connectivity index (χ2v) is 7.70. The van der Waals surface area contributed by atoms with Crippen molar-refractivity contribution in [3.8, 4) is 17.1 Å². The third-order valence-electron chi connectivity index (χ3n) is 4.90. The molecule has 5 heteroatoms. The summed E-state index contributed by atoms with van der Waals surface area (Å²) >= 11 is 0. The van der Waals surface area contributed by atoms with Crippen molar-refractivity contribution in [2.75, 3.05) is 6.61 Å². The van der Waals surface area contributed by atoms with Gasteiger partial charge in [-0.05, 0) is 56.4 Å². The maximum Gasteiger partial charge on any atom is 0.302 e. The van der Waals surface area contributed by atoms with Crippen LogP contribution in [-0.2, 0) is 21.6 Å². The van der Waals surface area contributed by atoms with Gasteiger partial charge in [0.25, 0.3) is 0 Å². The lowest BCUT2D eigenvalue weighted by Crippen LogP contribution is -2.13. The molecule has 0 aliphatic heterocycles. The number of imidazole rings is 1. The number of rotatable bonds is 7. The zero-order chi connectivity index (χ0) is 21.0. The van der Waals surface area contributed by atoms with Crippen molar-refractivity contribution in [1.29, 1.82) is 0 Å². The molecule has 3 rings (SSSR count). The fourth-order valence-corrected chi connectivity index (χ4v) is 3.46. The molecule has 0 atom stereocenters. The van der Waals surface area contributed by atoms with E-state index in [-0.39, 0.29) is 13.4 Å². The number of benzene rings is 2. The van der Waals surface area contributed by atoms with Crippen LogP contribution in [0, 0.1) is 6.92 Å². The number of para-hydroxylation sites is 1. The van der Waals surface area contributed by atoms with Gasteiger partial charge in [0.1, 0.15) is 11.5 Å². The molecule has 0 saturated heterocycles. The Morgan fingerprint density at radius 1 is 1.20 bits per heavy atom. The number of ether oxygens (including phenoxy) is 1. The van der Waals surface area contributed by atoms with Crippen LogP contribution in [-0.4, -0.2) is 22.1 Å². The summed E-state index contributed by atoms with van der Waals surface area (Å²) in [7, 11) is 0. The normalized spacial score (nSPS) is 11.1. The molecule has 0 N–H and O–H groups in total. The predicted molar refractivity (Wildman–Crippen MR) is 120 cm³/mol. The number of carbonyl (C=O) groups excluding carboxylic acids is 1. The van der Waals surface area contributed by atoms with E-state index in [1.165, 1.54) is 6.92 Å². The van der Waals surface area contributed by atoms with E-state index in [4.69, 9.17) is 4.74 Å². The summed E-state index contributed by atoms with van der Waals surface area (Å²) in [6.07, 6.45) is 5.05. The summed E-state index contributed by atoms with van der Waals surface area (Å²) in [5, 5.41) is 0. The van der Waals surface area contributed by atoms with E-state index in [9.17, 15) is 4.79 Å². The Balaban J connectivity index is 0.00000320. The first kappa shape index (κ1) is 23.3. The van der Waals surface area contributed by atoms with Gasteiger partial charge in [-0.2, -0.15) is 0 Å². The van der Waals surface area contributed by atoms with Crippen LogP contribution < -0.4 is 0 Å². The summed E-state index contributed by atoms with van der Waals surface area (Å²) in [4.78, 5) is 15.4. The SMILES string of the molecule is C.CC(=O)OCCCc1ccc(-c2nccn2-c2ccccc2C)c(C(C)(C)F)c1. The lowest BCUT2D eigenvalue weighted by molar-refractivity contribution is -0.141. The van der Waals surface area contributed by atoms with Crippen LogP contribution in [0.15, 0.2) is 54.9 Å². The van der Waals surface area contributed by atoms with Gasteiger partial charge in [-0.15, -0.1) is 0 Å². The molecule has 0 saturated carbocycles. The highest BCUT2D eigenvalue weighted by molar-refractivity contribution is 5.66. The Bertz CT molecular complexity index is 1000. The van der Waals surface area contributed by atoms with E-state index in [0.29, 0.717) is 30.8 Å². The highest BCUT2D eigenvalue weighted by Gasteiger charge is 2.25. The van der Waals surface area contributed by atoms with E-state index >= 15 is 4.39 Å². The number of aryl methyl sites for hydroxylation is 2. The number of esters is 1. The molecule has 0 amide bonds. The lowest BCUT2D eigenvalue weighted by atomic mass is 9.91. The van der Waals surface area contributed by atoms with Crippen LogP contribution in [0.2, 0.25) is 0 Å². The first-order valence-electron chi connectivity index (χ1n) is 9.83. The van der Waals surface area contributed by atoms with E-state index in [0.717, 1.165) is 22.4 Å². The third kappa shape index (κ3) is 5.35. The molecule has 160 valence electrons. The summed E-state index contributed by atoms with van der Waals surface area (Å²) in [6.45, 7) is 6.94.